The highest BCUT2D eigenvalue weighted by Crippen LogP contribution is 2.49. The van der Waals surface area contributed by atoms with Gasteiger partial charge in [-0.05, 0) is 63.0 Å². The van der Waals surface area contributed by atoms with Gasteiger partial charge in [-0.1, -0.05) is 18.2 Å². The van der Waals surface area contributed by atoms with Crippen LogP contribution in [0.3, 0.4) is 0 Å². The zero-order valence-corrected chi connectivity index (χ0v) is 19.3. The van der Waals surface area contributed by atoms with Crippen LogP contribution >= 0.6 is 11.8 Å². The number of nitrogens with zero attached hydrogens (tertiary/aromatic N) is 2. The van der Waals surface area contributed by atoms with Gasteiger partial charge in [-0.25, -0.2) is 13.4 Å². The molecular formula is C21H31N3O4S2. The molecule has 0 radical (unpaired) electrons. The number of thioether (sulfide) groups is 1. The zero-order chi connectivity index (χ0) is 21.3. The molecule has 2 saturated carbocycles. The van der Waals surface area contributed by atoms with Gasteiger partial charge in [0.2, 0.25) is 15.9 Å². The molecule has 1 saturated heterocycles. The van der Waals surface area contributed by atoms with Gasteiger partial charge in [-0.3, -0.25) is 4.79 Å². The lowest BCUT2D eigenvalue weighted by Crippen LogP contribution is -2.43. The molecule has 0 spiro atoms. The minimum absolute atomic E-state index is 0.0158. The van der Waals surface area contributed by atoms with Gasteiger partial charge in [0.05, 0.1) is 23.5 Å². The van der Waals surface area contributed by atoms with Crippen LogP contribution in [0.4, 0.5) is 0 Å². The lowest BCUT2D eigenvalue weighted by Gasteiger charge is -2.29. The number of fused-ring (bicyclic) bond motifs is 2. The smallest absolute Gasteiger partial charge is 0.244 e. The molecule has 2 aliphatic carbocycles. The summed E-state index contributed by atoms with van der Waals surface area (Å²) < 4.78 is 32.0. The maximum absolute atomic E-state index is 12.7. The van der Waals surface area contributed by atoms with Crippen molar-refractivity contribution in [3.8, 4) is 0 Å². The van der Waals surface area contributed by atoms with Crippen LogP contribution < -0.4 is 5.32 Å². The fraction of sp³-hybridized carbons (Fsp3) is 0.714. The van der Waals surface area contributed by atoms with Gasteiger partial charge in [0.1, 0.15) is 4.90 Å². The monoisotopic (exact) mass is 453 g/mol. The van der Waals surface area contributed by atoms with Crippen molar-refractivity contribution in [1.82, 2.24) is 14.6 Å². The normalized spacial score (nSPS) is 28.9. The maximum Gasteiger partial charge on any atom is 0.244 e. The summed E-state index contributed by atoms with van der Waals surface area (Å²) in [6.45, 7) is 5.53. The number of morpholine rings is 1. The highest BCUT2D eigenvalue weighted by Gasteiger charge is 2.42. The number of rotatable bonds is 7. The van der Waals surface area contributed by atoms with Crippen molar-refractivity contribution >= 4 is 27.7 Å². The van der Waals surface area contributed by atoms with Gasteiger partial charge in [0.25, 0.3) is 0 Å². The molecule has 2 bridgehead atoms. The topological polar surface area (TPSA) is 88.6 Å². The Kier molecular flexibility index (Phi) is 6.72. The Balaban J connectivity index is 1.31. The first-order valence-corrected chi connectivity index (χ1v) is 13.2. The molecule has 2 heterocycles. The van der Waals surface area contributed by atoms with E-state index in [-0.39, 0.29) is 22.1 Å². The highest BCUT2D eigenvalue weighted by atomic mass is 32.2. The van der Waals surface area contributed by atoms with Crippen LogP contribution in [-0.2, 0) is 19.6 Å². The molecule has 166 valence electrons. The van der Waals surface area contributed by atoms with Gasteiger partial charge in [-0.2, -0.15) is 4.31 Å². The lowest BCUT2D eigenvalue weighted by molar-refractivity contribution is -0.121. The third kappa shape index (κ3) is 4.69. The summed E-state index contributed by atoms with van der Waals surface area (Å²) in [4.78, 5) is 17.2. The number of nitrogens with one attached hydrogen (secondary N) is 1. The predicted molar refractivity (Wildman–Crippen MR) is 116 cm³/mol. The molecule has 1 aromatic heterocycles. The number of ether oxygens (including phenoxy) is 1. The lowest BCUT2D eigenvalue weighted by atomic mass is 9.84. The van der Waals surface area contributed by atoms with Crippen LogP contribution in [0, 0.1) is 17.8 Å². The first-order valence-electron chi connectivity index (χ1n) is 10.9. The molecule has 7 nitrogen and oxygen atoms in total. The van der Waals surface area contributed by atoms with Gasteiger partial charge in [0.15, 0.2) is 0 Å². The molecule has 5 atom stereocenters. The van der Waals surface area contributed by atoms with E-state index in [2.05, 4.69) is 17.2 Å². The van der Waals surface area contributed by atoms with E-state index in [1.165, 1.54) is 47.9 Å². The molecule has 30 heavy (non-hydrogen) atoms. The number of carbonyl (C=O) groups is 1. The SMILES string of the molecule is C[C@H](Sc1ccc(S(=O)(=O)N2CCOCC2)cn1)C(=O)N[C@H](C)[C@@H]1C[C@H]2CC[C@H]1C2. The fourth-order valence-corrected chi connectivity index (χ4v) is 7.27. The number of aromatic nitrogens is 1. The number of pyridine rings is 1. The number of carbonyl (C=O) groups excluding carboxylic acids is 1. The molecule has 3 aliphatic rings. The van der Waals surface area contributed by atoms with Crippen LogP contribution in [0.25, 0.3) is 0 Å². The van der Waals surface area contributed by atoms with Crippen LogP contribution in [0.15, 0.2) is 28.3 Å². The average Bonchev–Trinajstić information content (AvgIpc) is 3.38. The quantitative estimate of drug-likeness (QED) is 0.638. The van der Waals surface area contributed by atoms with Gasteiger partial charge in [0, 0.05) is 25.3 Å². The van der Waals surface area contributed by atoms with Crippen LogP contribution in [0.2, 0.25) is 0 Å². The molecule has 4 rings (SSSR count). The third-order valence-electron chi connectivity index (χ3n) is 6.79. The summed E-state index contributed by atoms with van der Waals surface area (Å²) in [5.41, 5.74) is 0. The molecule has 1 aliphatic heterocycles. The Morgan fingerprint density at radius 3 is 2.60 bits per heavy atom. The Morgan fingerprint density at radius 1 is 1.23 bits per heavy atom. The summed E-state index contributed by atoms with van der Waals surface area (Å²) in [6.07, 6.45) is 6.63. The van der Waals surface area contributed by atoms with E-state index in [0.717, 1.165) is 11.8 Å². The molecule has 1 aromatic rings. The minimum atomic E-state index is -3.55. The van der Waals surface area contributed by atoms with E-state index >= 15 is 0 Å². The molecule has 9 heteroatoms. The van der Waals surface area contributed by atoms with E-state index in [4.69, 9.17) is 4.74 Å². The van der Waals surface area contributed by atoms with Crippen molar-refractivity contribution in [3.63, 3.8) is 0 Å². The zero-order valence-electron chi connectivity index (χ0n) is 17.6. The molecule has 1 N–H and O–H groups in total. The van der Waals surface area contributed by atoms with Crippen molar-refractivity contribution in [2.75, 3.05) is 26.3 Å². The summed E-state index contributed by atoms with van der Waals surface area (Å²) in [5.74, 6) is 2.26. The van der Waals surface area contributed by atoms with E-state index in [9.17, 15) is 13.2 Å². The standard InChI is InChI=1S/C21H31N3O4S2/c1-14(19-12-16-3-4-17(19)11-16)23-21(25)15(2)29-20-6-5-18(13-22-20)30(26,27)24-7-9-28-10-8-24/h5-6,13-17,19H,3-4,7-12H2,1-2H3,(H,23,25)/t14-,15+,16+,17+,19+/m1/s1. The minimum Gasteiger partial charge on any atom is -0.379 e. The summed E-state index contributed by atoms with van der Waals surface area (Å²) in [7, 11) is -3.55. The average molecular weight is 454 g/mol. The highest BCUT2D eigenvalue weighted by molar-refractivity contribution is 8.00. The van der Waals surface area contributed by atoms with Gasteiger partial charge >= 0.3 is 0 Å². The first-order chi connectivity index (χ1) is 14.3. The van der Waals surface area contributed by atoms with E-state index in [0.29, 0.717) is 37.2 Å². The van der Waals surface area contributed by atoms with Crippen molar-refractivity contribution < 1.29 is 17.9 Å². The number of hydrogen-bond acceptors (Lipinski definition) is 6. The van der Waals surface area contributed by atoms with Crippen molar-refractivity contribution in [2.24, 2.45) is 17.8 Å². The van der Waals surface area contributed by atoms with Crippen LogP contribution in [-0.4, -0.2) is 61.2 Å². The van der Waals surface area contributed by atoms with Crippen LogP contribution in [0.5, 0.6) is 0 Å². The Bertz CT molecular complexity index is 856. The van der Waals surface area contributed by atoms with E-state index in [1.807, 2.05) is 6.92 Å². The second kappa shape index (κ2) is 9.14. The van der Waals surface area contributed by atoms with E-state index < -0.39 is 10.0 Å². The number of hydrogen-bond donors (Lipinski definition) is 1. The largest absolute Gasteiger partial charge is 0.379 e. The Labute approximate surface area is 183 Å². The molecule has 0 unspecified atom stereocenters. The van der Waals surface area contributed by atoms with Gasteiger partial charge < -0.3 is 10.1 Å². The van der Waals surface area contributed by atoms with Crippen molar-refractivity contribution in [1.29, 1.82) is 0 Å². The second-order valence-electron chi connectivity index (χ2n) is 8.74. The second-order valence-corrected chi connectivity index (χ2v) is 12.0. The van der Waals surface area contributed by atoms with Crippen molar-refractivity contribution in [2.45, 2.75) is 60.7 Å². The molecular weight excluding hydrogens is 422 g/mol. The van der Waals surface area contributed by atoms with Crippen molar-refractivity contribution in [3.05, 3.63) is 18.3 Å². The number of sulfonamides is 1. The van der Waals surface area contributed by atoms with Crippen LogP contribution in [0.1, 0.15) is 39.5 Å². The summed E-state index contributed by atoms with van der Waals surface area (Å²) >= 11 is 1.35. The number of amides is 1. The third-order valence-corrected chi connectivity index (χ3v) is 9.72. The summed E-state index contributed by atoms with van der Waals surface area (Å²) in [5, 5.41) is 3.56. The Morgan fingerprint density at radius 2 is 2.00 bits per heavy atom. The fourth-order valence-electron chi connectivity index (χ4n) is 5.11. The van der Waals surface area contributed by atoms with Gasteiger partial charge in [-0.15, -0.1) is 0 Å². The summed E-state index contributed by atoms with van der Waals surface area (Å²) in [6, 6.07) is 3.45. The molecule has 3 fully saturated rings. The Hall–Kier alpha value is -1.16. The molecule has 0 aromatic carbocycles. The maximum atomic E-state index is 12.7. The van der Waals surface area contributed by atoms with E-state index in [1.54, 1.807) is 12.1 Å². The predicted octanol–water partition coefficient (Wildman–Crippen LogP) is 2.52. The first kappa shape index (κ1) is 22.0. The molecule has 1 amide bonds.